The molecule has 0 fully saturated rings. The summed E-state index contributed by atoms with van der Waals surface area (Å²) in [5.74, 6) is 2.10. The highest BCUT2D eigenvalue weighted by atomic mass is 16.7. The standard InChI is InChI=1S/C18H20N2O5/c1-2-23-17-10-4-12-3-7-15(11-16(12)25-17)24-14-8-5-13(6-9-14)19-18(21)20-22/h4-9,11,17,22H,2-3,10H2,1H3,(H2,19,20,21). The number of anilines is 1. The highest BCUT2D eigenvalue weighted by Crippen LogP contribution is 2.31. The Kier molecular flexibility index (Phi) is 5.37. The highest BCUT2D eigenvalue weighted by Gasteiger charge is 2.22. The molecule has 0 aromatic heterocycles. The maximum absolute atomic E-state index is 11.0. The predicted octanol–water partition coefficient (Wildman–Crippen LogP) is 3.46. The number of nitrogens with one attached hydrogen (secondary N) is 2. The van der Waals surface area contributed by atoms with Gasteiger partial charge in [0, 0.05) is 24.8 Å². The lowest BCUT2D eigenvalue weighted by molar-refractivity contribution is -0.112. The van der Waals surface area contributed by atoms with Gasteiger partial charge in [0.15, 0.2) is 0 Å². The van der Waals surface area contributed by atoms with Crippen LogP contribution in [0.3, 0.4) is 0 Å². The Hall–Kier alpha value is -2.77. The summed E-state index contributed by atoms with van der Waals surface area (Å²) < 4.78 is 17.2. The van der Waals surface area contributed by atoms with E-state index < -0.39 is 6.03 Å². The molecule has 1 heterocycles. The number of hydrogen-bond acceptors (Lipinski definition) is 5. The molecule has 2 amide bonds. The highest BCUT2D eigenvalue weighted by molar-refractivity contribution is 5.88. The zero-order valence-corrected chi connectivity index (χ0v) is 13.8. The first-order chi connectivity index (χ1) is 12.2. The van der Waals surface area contributed by atoms with Crippen LogP contribution in [0, 0.1) is 0 Å². The topological polar surface area (TPSA) is 89.1 Å². The Morgan fingerprint density at radius 2 is 2.12 bits per heavy atom. The second-order valence-corrected chi connectivity index (χ2v) is 5.48. The van der Waals surface area contributed by atoms with E-state index >= 15 is 0 Å². The molecule has 3 rings (SSSR count). The van der Waals surface area contributed by atoms with Gasteiger partial charge in [0.05, 0.1) is 0 Å². The summed E-state index contributed by atoms with van der Waals surface area (Å²) >= 11 is 0. The van der Waals surface area contributed by atoms with Crippen molar-refractivity contribution < 1.29 is 24.2 Å². The lowest BCUT2D eigenvalue weighted by Gasteiger charge is -2.27. The first-order valence-corrected chi connectivity index (χ1v) is 8.06. The molecule has 0 spiro atoms. The monoisotopic (exact) mass is 344 g/mol. The first-order valence-electron chi connectivity index (χ1n) is 8.06. The molecule has 1 aromatic rings. The Morgan fingerprint density at radius 3 is 2.84 bits per heavy atom. The van der Waals surface area contributed by atoms with E-state index in [2.05, 4.69) is 11.4 Å². The minimum absolute atomic E-state index is 0.248. The van der Waals surface area contributed by atoms with E-state index in [0.717, 1.165) is 24.2 Å². The van der Waals surface area contributed by atoms with Crippen molar-refractivity contribution in [1.29, 1.82) is 0 Å². The van der Waals surface area contributed by atoms with Crippen LogP contribution in [0.2, 0.25) is 0 Å². The Labute approximate surface area is 145 Å². The van der Waals surface area contributed by atoms with E-state index in [1.165, 1.54) is 5.48 Å². The molecule has 132 valence electrons. The summed E-state index contributed by atoms with van der Waals surface area (Å²) in [5.41, 5.74) is 3.18. The summed E-state index contributed by atoms with van der Waals surface area (Å²) in [6.07, 6.45) is 7.23. The van der Waals surface area contributed by atoms with E-state index in [-0.39, 0.29) is 6.29 Å². The average molecular weight is 344 g/mol. The van der Waals surface area contributed by atoms with Crippen LogP contribution in [0.25, 0.3) is 0 Å². The smallest absolute Gasteiger partial charge is 0.342 e. The van der Waals surface area contributed by atoms with Crippen molar-refractivity contribution in [3.63, 3.8) is 0 Å². The largest absolute Gasteiger partial charge is 0.464 e. The number of hydrogen-bond donors (Lipinski definition) is 3. The molecule has 3 N–H and O–H groups in total. The average Bonchev–Trinajstić information content (AvgIpc) is 2.63. The van der Waals surface area contributed by atoms with E-state index in [1.807, 2.05) is 19.1 Å². The lowest BCUT2D eigenvalue weighted by atomic mass is 10.0. The maximum Gasteiger partial charge on any atom is 0.342 e. The van der Waals surface area contributed by atoms with Crippen LogP contribution in [0.5, 0.6) is 5.75 Å². The van der Waals surface area contributed by atoms with Crippen molar-refractivity contribution in [2.75, 3.05) is 11.9 Å². The third kappa shape index (κ3) is 4.40. The number of allylic oxidation sites excluding steroid dienone is 3. The molecule has 1 aliphatic heterocycles. The molecule has 1 unspecified atom stereocenters. The fraction of sp³-hybridized carbons (Fsp3) is 0.278. The summed E-state index contributed by atoms with van der Waals surface area (Å²) in [7, 11) is 0. The number of fused-ring (bicyclic) bond motifs is 1. The van der Waals surface area contributed by atoms with Gasteiger partial charge >= 0.3 is 6.03 Å². The fourth-order valence-electron chi connectivity index (χ4n) is 2.57. The van der Waals surface area contributed by atoms with Crippen molar-refractivity contribution in [3.05, 3.63) is 59.6 Å². The number of carbonyl (C=O) groups is 1. The van der Waals surface area contributed by atoms with Crippen molar-refractivity contribution in [1.82, 2.24) is 5.48 Å². The maximum atomic E-state index is 11.0. The number of benzene rings is 1. The van der Waals surface area contributed by atoms with E-state index in [1.54, 1.807) is 24.3 Å². The molecule has 0 saturated carbocycles. The Morgan fingerprint density at radius 1 is 1.32 bits per heavy atom. The number of carbonyl (C=O) groups excluding carboxylic acids is 1. The molecule has 25 heavy (non-hydrogen) atoms. The SMILES string of the molecule is CCOC1CC=C2CC=C(Oc3ccc(NC(=O)NO)cc3)C=C2O1. The molecular weight excluding hydrogens is 324 g/mol. The van der Waals surface area contributed by atoms with E-state index in [0.29, 0.717) is 23.8 Å². The summed E-state index contributed by atoms with van der Waals surface area (Å²) in [4.78, 5) is 11.0. The van der Waals surface area contributed by atoms with Crippen LogP contribution in [-0.4, -0.2) is 24.1 Å². The molecule has 0 radical (unpaired) electrons. The summed E-state index contributed by atoms with van der Waals surface area (Å²) in [5, 5.41) is 10.9. The molecule has 7 heteroatoms. The van der Waals surface area contributed by atoms with Gasteiger partial charge in [0.2, 0.25) is 6.29 Å². The van der Waals surface area contributed by atoms with Gasteiger partial charge in [-0.2, -0.15) is 0 Å². The quantitative estimate of drug-likeness (QED) is 0.562. The van der Waals surface area contributed by atoms with Gasteiger partial charge in [0.1, 0.15) is 17.3 Å². The second-order valence-electron chi connectivity index (χ2n) is 5.48. The predicted molar refractivity (Wildman–Crippen MR) is 91.0 cm³/mol. The van der Waals surface area contributed by atoms with Crippen LogP contribution < -0.4 is 15.5 Å². The second kappa shape index (κ2) is 7.87. The third-order valence-electron chi connectivity index (χ3n) is 3.73. The number of rotatable bonds is 5. The first kappa shape index (κ1) is 17.1. The molecule has 1 atom stereocenters. The third-order valence-corrected chi connectivity index (χ3v) is 3.73. The van der Waals surface area contributed by atoms with E-state index in [4.69, 9.17) is 19.4 Å². The van der Waals surface area contributed by atoms with Gasteiger partial charge in [-0.15, -0.1) is 0 Å². The van der Waals surface area contributed by atoms with Crippen molar-refractivity contribution in [2.45, 2.75) is 26.1 Å². The Bertz CT molecular complexity index is 721. The van der Waals surface area contributed by atoms with Gasteiger partial charge in [-0.3, -0.25) is 5.21 Å². The molecule has 2 aliphatic rings. The van der Waals surface area contributed by atoms with E-state index in [9.17, 15) is 4.79 Å². The molecule has 0 bridgehead atoms. The van der Waals surface area contributed by atoms with Crippen LogP contribution >= 0.6 is 0 Å². The number of amides is 2. The van der Waals surface area contributed by atoms with Gasteiger partial charge in [-0.25, -0.2) is 10.3 Å². The summed E-state index contributed by atoms with van der Waals surface area (Å²) in [6, 6.07) is 6.10. The number of hydroxylamine groups is 1. The van der Waals surface area contributed by atoms with Crippen LogP contribution in [-0.2, 0) is 9.47 Å². The minimum Gasteiger partial charge on any atom is -0.464 e. The van der Waals surface area contributed by atoms with Gasteiger partial charge in [0.25, 0.3) is 0 Å². The van der Waals surface area contributed by atoms with Gasteiger partial charge in [-0.1, -0.05) is 6.08 Å². The summed E-state index contributed by atoms with van der Waals surface area (Å²) in [6.45, 7) is 2.55. The molecule has 7 nitrogen and oxygen atoms in total. The zero-order chi connectivity index (χ0) is 17.6. The van der Waals surface area contributed by atoms with Crippen molar-refractivity contribution in [2.24, 2.45) is 0 Å². The van der Waals surface area contributed by atoms with Crippen molar-refractivity contribution >= 4 is 11.7 Å². The van der Waals surface area contributed by atoms with Gasteiger partial charge < -0.3 is 19.5 Å². The van der Waals surface area contributed by atoms with Crippen LogP contribution in [0.15, 0.2) is 59.6 Å². The molecular formula is C18H20N2O5. The molecule has 1 aliphatic carbocycles. The number of ether oxygens (including phenoxy) is 3. The van der Waals surface area contributed by atoms with Crippen LogP contribution in [0.1, 0.15) is 19.8 Å². The van der Waals surface area contributed by atoms with Gasteiger partial charge in [-0.05, 0) is 49.3 Å². The van der Waals surface area contributed by atoms with Crippen LogP contribution in [0.4, 0.5) is 10.5 Å². The Balaban J connectivity index is 1.64. The molecule has 1 aromatic carbocycles. The minimum atomic E-state index is -0.703. The fourth-order valence-corrected chi connectivity index (χ4v) is 2.57. The molecule has 0 saturated heterocycles. The zero-order valence-electron chi connectivity index (χ0n) is 13.8. The normalized spacial score (nSPS) is 18.8. The lowest BCUT2D eigenvalue weighted by Crippen LogP contribution is -2.24. The van der Waals surface area contributed by atoms with Crippen molar-refractivity contribution in [3.8, 4) is 5.75 Å². The number of urea groups is 1.